The number of hydrogen-bond donors (Lipinski definition) is 0. The Morgan fingerprint density at radius 1 is 0.389 bits per heavy atom. The van der Waals surface area contributed by atoms with E-state index in [1.54, 1.807) is 0 Å². The molecule has 254 valence electrons. The lowest BCUT2D eigenvalue weighted by Crippen LogP contribution is -1.91. The van der Waals surface area contributed by atoms with Crippen molar-refractivity contribution in [3.63, 3.8) is 0 Å². The van der Waals surface area contributed by atoms with E-state index in [1.807, 2.05) is 12.1 Å². The summed E-state index contributed by atoms with van der Waals surface area (Å²) in [5, 5.41) is 11.7. The molecule has 11 rings (SSSR count). The van der Waals surface area contributed by atoms with Crippen molar-refractivity contribution in [2.45, 2.75) is 13.8 Å². The molecule has 2 heterocycles. The van der Waals surface area contributed by atoms with Gasteiger partial charge in [0.1, 0.15) is 22.3 Å². The van der Waals surface area contributed by atoms with Gasteiger partial charge >= 0.3 is 0 Å². The zero-order valence-corrected chi connectivity index (χ0v) is 30.0. The fourth-order valence-corrected chi connectivity index (χ4v) is 8.84. The Labute approximate surface area is 312 Å². The van der Waals surface area contributed by atoms with E-state index in [-0.39, 0.29) is 0 Å². The van der Waals surface area contributed by atoms with Crippen LogP contribution >= 0.6 is 0 Å². The zero-order valence-electron chi connectivity index (χ0n) is 30.0. The standard InChI is InChI=1S/C52H34O2/c1-3-11-33-28-35(21-20-31(33)2)34-12-10-13-36(29-34)48-38-14-4-6-16-40(38)49(41-17-7-5-15-39(41)48)37-22-25-43-47(30-37)54-46-27-24-32-23-26-45-51(50(32)52(43)46)42-18-8-9-19-44(42)53-45/h3-30H,1-2H3/b11-3-. The molecule has 2 aromatic heterocycles. The number of furan rings is 2. The quantitative estimate of drug-likeness (QED) is 0.172. The molecule has 0 atom stereocenters. The van der Waals surface area contributed by atoms with Crippen LogP contribution in [0.2, 0.25) is 0 Å². The van der Waals surface area contributed by atoms with Crippen molar-refractivity contribution in [3.05, 3.63) is 175 Å². The van der Waals surface area contributed by atoms with Crippen molar-refractivity contribution in [3.8, 4) is 33.4 Å². The molecule has 0 unspecified atom stereocenters. The summed E-state index contributed by atoms with van der Waals surface area (Å²) in [6.45, 7) is 4.24. The van der Waals surface area contributed by atoms with Crippen LogP contribution in [-0.2, 0) is 0 Å². The van der Waals surface area contributed by atoms with E-state index >= 15 is 0 Å². The topological polar surface area (TPSA) is 26.3 Å². The van der Waals surface area contributed by atoms with Crippen molar-refractivity contribution in [1.29, 1.82) is 0 Å². The Hall–Kier alpha value is -6.90. The number of aryl methyl sites for hydroxylation is 1. The normalized spacial score (nSPS) is 12.2. The predicted molar refractivity (Wildman–Crippen MR) is 229 cm³/mol. The van der Waals surface area contributed by atoms with Crippen LogP contribution in [-0.4, -0.2) is 0 Å². The van der Waals surface area contributed by atoms with Crippen LogP contribution in [0, 0.1) is 6.92 Å². The molecule has 0 fully saturated rings. The maximum atomic E-state index is 6.73. The van der Waals surface area contributed by atoms with Crippen LogP contribution in [0.25, 0.3) is 116 Å². The average molecular weight is 691 g/mol. The minimum atomic E-state index is 0.875. The molecule has 2 nitrogen and oxygen atoms in total. The molecule has 54 heavy (non-hydrogen) atoms. The van der Waals surface area contributed by atoms with Crippen LogP contribution in [0.4, 0.5) is 0 Å². The monoisotopic (exact) mass is 690 g/mol. The Bertz CT molecular complexity index is 3290. The number of para-hydroxylation sites is 1. The lowest BCUT2D eigenvalue weighted by Gasteiger charge is -2.18. The van der Waals surface area contributed by atoms with Crippen LogP contribution in [0.1, 0.15) is 18.1 Å². The second kappa shape index (κ2) is 11.8. The van der Waals surface area contributed by atoms with Crippen LogP contribution in [0.3, 0.4) is 0 Å². The van der Waals surface area contributed by atoms with Gasteiger partial charge in [-0.25, -0.2) is 0 Å². The van der Waals surface area contributed by atoms with E-state index in [9.17, 15) is 0 Å². The summed E-state index contributed by atoms with van der Waals surface area (Å²) in [4.78, 5) is 0. The SMILES string of the molecule is C/C=C\c1cc(-c2cccc(-c3c4ccccc4c(-c4ccc5c(c4)oc4ccc6ccc7oc8ccccc8c7c6c45)c4ccccc34)c2)ccc1C. The third-order valence-electron chi connectivity index (χ3n) is 11.3. The molecule has 0 aliphatic heterocycles. The number of hydrogen-bond acceptors (Lipinski definition) is 2. The molecule has 0 amide bonds. The van der Waals surface area contributed by atoms with Gasteiger partial charge in [0.05, 0.1) is 0 Å². The van der Waals surface area contributed by atoms with E-state index in [2.05, 4.69) is 172 Å². The molecule has 2 heteroatoms. The molecule has 0 bridgehead atoms. The van der Waals surface area contributed by atoms with E-state index in [4.69, 9.17) is 8.83 Å². The molecular formula is C52H34O2. The van der Waals surface area contributed by atoms with Gasteiger partial charge in [-0.3, -0.25) is 0 Å². The van der Waals surface area contributed by atoms with Gasteiger partial charge in [-0.15, -0.1) is 0 Å². The van der Waals surface area contributed by atoms with Gasteiger partial charge in [0.15, 0.2) is 0 Å². The average Bonchev–Trinajstić information content (AvgIpc) is 3.79. The second-order valence-corrected chi connectivity index (χ2v) is 14.4. The van der Waals surface area contributed by atoms with Crippen LogP contribution < -0.4 is 0 Å². The number of benzene rings is 9. The third kappa shape index (κ3) is 4.53. The summed E-state index contributed by atoms with van der Waals surface area (Å²) in [5.74, 6) is 0. The Balaban J connectivity index is 1.14. The summed E-state index contributed by atoms with van der Waals surface area (Å²) in [5.41, 5.74) is 13.3. The van der Waals surface area contributed by atoms with Gasteiger partial charge in [0.25, 0.3) is 0 Å². The lowest BCUT2D eigenvalue weighted by atomic mass is 9.85. The first-order chi connectivity index (χ1) is 26.6. The molecule has 0 N–H and O–H groups in total. The van der Waals surface area contributed by atoms with E-state index in [1.165, 1.54) is 71.3 Å². The van der Waals surface area contributed by atoms with Gasteiger partial charge in [-0.05, 0) is 128 Å². The summed E-state index contributed by atoms with van der Waals surface area (Å²) in [6.07, 6.45) is 4.30. The van der Waals surface area contributed by atoms with E-state index in [0.29, 0.717) is 0 Å². The third-order valence-corrected chi connectivity index (χ3v) is 11.3. The number of allylic oxidation sites excluding steroid dienone is 1. The highest BCUT2D eigenvalue weighted by Gasteiger charge is 2.20. The van der Waals surface area contributed by atoms with Gasteiger partial charge in [0, 0.05) is 26.9 Å². The summed E-state index contributed by atoms with van der Waals surface area (Å²) in [7, 11) is 0. The molecule has 11 aromatic rings. The maximum absolute atomic E-state index is 6.73. The second-order valence-electron chi connectivity index (χ2n) is 14.4. The van der Waals surface area contributed by atoms with Crippen LogP contribution in [0.5, 0.6) is 0 Å². The van der Waals surface area contributed by atoms with Gasteiger partial charge in [-0.1, -0.05) is 127 Å². The van der Waals surface area contributed by atoms with Crippen molar-refractivity contribution in [2.75, 3.05) is 0 Å². The first-order valence-corrected chi connectivity index (χ1v) is 18.6. The first kappa shape index (κ1) is 30.7. The van der Waals surface area contributed by atoms with E-state index in [0.717, 1.165) is 49.4 Å². The summed E-state index contributed by atoms with van der Waals surface area (Å²) < 4.78 is 13.0. The Kier molecular flexibility index (Phi) is 6.72. The number of fused-ring (bicyclic) bond motifs is 11. The van der Waals surface area contributed by atoms with Crippen molar-refractivity contribution >= 4 is 82.3 Å². The minimum Gasteiger partial charge on any atom is -0.456 e. The highest BCUT2D eigenvalue weighted by Crippen LogP contribution is 2.47. The predicted octanol–water partition coefficient (Wildman–Crippen LogP) is 15.3. The highest BCUT2D eigenvalue weighted by atomic mass is 16.3. The molecule has 0 spiro atoms. The molecule has 0 saturated heterocycles. The minimum absolute atomic E-state index is 0.875. The largest absolute Gasteiger partial charge is 0.456 e. The molecule has 9 aromatic carbocycles. The fourth-order valence-electron chi connectivity index (χ4n) is 8.84. The van der Waals surface area contributed by atoms with Gasteiger partial charge < -0.3 is 8.83 Å². The Morgan fingerprint density at radius 3 is 1.59 bits per heavy atom. The van der Waals surface area contributed by atoms with Crippen molar-refractivity contribution in [2.24, 2.45) is 0 Å². The van der Waals surface area contributed by atoms with Crippen molar-refractivity contribution in [1.82, 2.24) is 0 Å². The van der Waals surface area contributed by atoms with Crippen LogP contribution in [0.15, 0.2) is 173 Å². The lowest BCUT2D eigenvalue weighted by molar-refractivity contribution is 0.669. The highest BCUT2D eigenvalue weighted by molar-refractivity contribution is 6.31. The van der Waals surface area contributed by atoms with Gasteiger partial charge in [0.2, 0.25) is 0 Å². The first-order valence-electron chi connectivity index (χ1n) is 18.6. The summed E-state index contributed by atoms with van der Waals surface area (Å²) >= 11 is 0. The van der Waals surface area contributed by atoms with Gasteiger partial charge in [-0.2, -0.15) is 0 Å². The van der Waals surface area contributed by atoms with E-state index < -0.39 is 0 Å². The molecule has 0 saturated carbocycles. The fraction of sp³-hybridized carbons (Fsp3) is 0.0385. The number of rotatable bonds is 4. The smallest absolute Gasteiger partial charge is 0.136 e. The molecule has 0 aliphatic rings. The maximum Gasteiger partial charge on any atom is 0.136 e. The molecule has 0 radical (unpaired) electrons. The molecule has 0 aliphatic carbocycles. The Morgan fingerprint density at radius 2 is 0.926 bits per heavy atom. The summed E-state index contributed by atoms with van der Waals surface area (Å²) in [6, 6.07) is 57.1. The molecular weight excluding hydrogens is 657 g/mol. The zero-order chi connectivity index (χ0) is 35.9. The van der Waals surface area contributed by atoms with Crippen molar-refractivity contribution < 1.29 is 8.83 Å².